The second-order valence-corrected chi connectivity index (χ2v) is 6.50. The number of thioether (sulfide) groups is 1. The van der Waals surface area contributed by atoms with Gasteiger partial charge in [0.25, 0.3) is 0 Å². The Morgan fingerprint density at radius 1 is 1.06 bits per heavy atom. The normalized spacial score (nSPS) is 28.8. The van der Waals surface area contributed by atoms with Crippen LogP contribution in [0.25, 0.3) is 0 Å². The maximum atomic E-state index is 11.7. The first-order valence-corrected chi connectivity index (χ1v) is 7.51. The second-order valence-electron chi connectivity index (χ2n) is 4.89. The minimum absolute atomic E-state index is 0.0786. The molecule has 0 atom stereocenters. The van der Waals surface area contributed by atoms with E-state index in [2.05, 4.69) is 11.8 Å². The fraction of sp³-hybridized carbons (Fsp3) is 0.846. The van der Waals surface area contributed by atoms with E-state index in [4.69, 9.17) is 4.74 Å². The Morgan fingerprint density at radius 2 is 1.59 bits per heavy atom. The Morgan fingerprint density at radius 3 is 2.06 bits per heavy atom. The van der Waals surface area contributed by atoms with Crippen LogP contribution in [-0.2, 0) is 14.3 Å². The van der Waals surface area contributed by atoms with E-state index in [1.165, 1.54) is 12.8 Å². The smallest absolute Gasteiger partial charge is 0.374 e. The van der Waals surface area contributed by atoms with Gasteiger partial charge < -0.3 is 4.74 Å². The highest BCUT2D eigenvalue weighted by atomic mass is 32.2. The zero-order valence-electron chi connectivity index (χ0n) is 10.3. The number of hydrogen-bond acceptors (Lipinski definition) is 4. The maximum absolute atomic E-state index is 11.7. The Labute approximate surface area is 107 Å². The number of ketones is 1. The molecule has 17 heavy (non-hydrogen) atoms. The second kappa shape index (κ2) is 5.89. The van der Waals surface area contributed by atoms with Crippen LogP contribution in [0.5, 0.6) is 0 Å². The van der Waals surface area contributed by atoms with E-state index in [9.17, 15) is 9.59 Å². The van der Waals surface area contributed by atoms with Gasteiger partial charge in [0, 0.05) is 16.4 Å². The molecule has 0 aromatic heterocycles. The van der Waals surface area contributed by atoms with Crippen molar-refractivity contribution in [3.05, 3.63) is 0 Å². The molecule has 4 heteroatoms. The standard InChI is InChI=1S/C13H20O3S/c1-2-16-13(15)12(14)9-3-5-10(6-4-9)17-11-7-8-11/h9-11H,2-8H2,1H3. The number of esters is 1. The topological polar surface area (TPSA) is 43.4 Å². The molecule has 0 amide bonds. The summed E-state index contributed by atoms with van der Waals surface area (Å²) in [4.78, 5) is 23.1. The minimum atomic E-state index is -0.634. The predicted molar refractivity (Wildman–Crippen MR) is 68.0 cm³/mol. The van der Waals surface area contributed by atoms with Crippen LogP contribution < -0.4 is 0 Å². The molecule has 0 heterocycles. The van der Waals surface area contributed by atoms with Gasteiger partial charge in [-0.1, -0.05) is 0 Å². The maximum Gasteiger partial charge on any atom is 0.374 e. The van der Waals surface area contributed by atoms with Crippen molar-refractivity contribution >= 4 is 23.5 Å². The van der Waals surface area contributed by atoms with Crippen LogP contribution in [0.15, 0.2) is 0 Å². The summed E-state index contributed by atoms with van der Waals surface area (Å²) in [6, 6.07) is 0. The summed E-state index contributed by atoms with van der Waals surface area (Å²) < 4.78 is 4.76. The molecule has 0 bridgehead atoms. The highest BCUT2D eigenvalue weighted by molar-refractivity contribution is 8.00. The van der Waals surface area contributed by atoms with Crippen molar-refractivity contribution < 1.29 is 14.3 Å². The van der Waals surface area contributed by atoms with Gasteiger partial charge in [0.2, 0.25) is 5.78 Å². The third-order valence-electron chi connectivity index (χ3n) is 3.43. The lowest BCUT2D eigenvalue weighted by atomic mass is 9.86. The Balaban J connectivity index is 1.73. The first-order valence-electron chi connectivity index (χ1n) is 6.57. The fourth-order valence-electron chi connectivity index (χ4n) is 2.31. The number of hydrogen-bond donors (Lipinski definition) is 0. The molecule has 2 rings (SSSR count). The molecule has 0 unspecified atom stereocenters. The summed E-state index contributed by atoms with van der Waals surface area (Å²) >= 11 is 2.09. The average molecular weight is 256 g/mol. The largest absolute Gasteiger partial charge is 0.460 e. The summed E-state index contributed by atoms with van der Waals surface area (Å²) in [5.41, 5.74) is 0. The third kappa shape index (κ3) is 3.73. The van der Waals surface area contributed by atoms with Crippen LogP contribution in [0, 0.1) is 5.92 Å². The van der Waals surface area contributed by atoms with Crippen molar-refractivity contribution in [1.29, 1.82) is 0 Å². The highest BCUT2D eigenvalue weighted by Gasteiger charge is 2.33. The zero-order valence-corrected chi connectivity index (χ0v) is 11.1. The van der Waals surface area contributed by atoms with Gasteiger partial charge in [0.15, 0.2) is 0 Å². The molecule has 0 spiro atoms. The monoisotopic (exact) mass is 256 g/mol. The molecule has 0 saturated heterocycles. The lowest BCUT2D eigenvalue weighted by molar-refractivity contribution is -0.155. The molecule has 2 aliphatic rings. The molecule has 3 nitrogen and oxygen atoms in total. The number of rotatable bonds is 5. The third-order valence-corrected chi connectivity index (χ3v) is 5.14. The van der Waals surface area contributed by atoms with Crippen molar-refractivity contribution in [2.24, 2.45) is 5.92 Å². The van der Waals surface area contributed by atoms with Gasteiger partial charge in [-0.3, -0.25) is 4.79 Å². The van der Waals surface area contributed by atoms with Gasteiger partial charge >= 0.3 is 5.97 Å². The molecule has 0 aromatic rings. The van der Waals surface area contributed by atoms with Crippen LogP contribution in [0.1, 0.15) is 45.4 Å². The van der Waals surface area contributed by atoms with E-state index >= 15 is 0 Å². The van der Waals surface area contributed by atoms with E-state index in [0.29, 0.717) is 5.25 Å². The summed E-state index contributed by atoms with van der Waals surface area (Å²) in [6.45, 7) is 2.02. The highest BCUT2D eigenvalue weighted by Crippen LogP contribution is 2.42. The molecule has 0 aliphatic heterocycles. The summed E-state index contributed by atoms with van der Waals surface area (Å²) in [6.07, 6.45) is 6.62. The Bertz CT molecular complexity index is 291. The van der Waals surface area contributed by atoms with Gasteiger partial charge in [-0.2, -0.15) is 11.8 Å². The fourth-order valence-corrected chi connectivity index (χ4v) is 3.80. The average Bonchev–Trinajstić information content (AvgIpc) is 3.13. The van der Waals surface area contributed by atoms with Crippen LogP contribution in [-0.4, -0.2) is 28.9 Å². The molecule has 0 N–H and O–H groups in total. The predicted octanol–water partition coefficient (Wildman–Crippen LogP) is 2.57. The van der Waals surface area contributed by atoms with E-state index in [0.717, 1.165) is 30.9 Å². The molecular weight excluding hydrogens is 236 g/mol. The van der Waals surface area contributed by atoms with Crippen molar-refractivity contribution in [2.75, 3.05) is 6.61 Å². The van der Waals surface area contributed by atoms with Gasteiger partial charge in [-0.25, -0.2) is 4.79 Å². The lowest BCUT2D eigenvalue weighted by Gasteiger charge is -2.26. The number of Topliss-reactive ketones (excluding diaryl/α,β-unsaturated/α-hetero) is 1. The van der Waals surface area contributed by atoms with E-state index in [1.54, 1.807) is 6.92 Å². The molecule has 2 saturated carbocycles. The molecule has 0 aromatic carbocycles. The Kier molecular flexibility index (Phi) is 4.48. The molecule has 2 fully saturated rings. The van der Waals surface area contributed by atoms with Crippen molar-refractivity contribution in [3.63, 3.8) is 0 Å². The molecule has 2 aliphatic carbocycles. The molecular formula is C13H20O3S. The molecule has 96 valence electrons. The summed E-state index contributed by atoms with van der Waals surface area (Å²) in [5.74, 6) is -1.02. The first kappa shape index (κ1) is 12.9. The van der Waals surface area contributed by atoms with Gasteiger partial charge in [-0.05, 0) is 45.4 Å². The lowest BCUT2D eigenvalue weighted by Crippen LogP contribution is -2.30. The van der Waals surface area contributed by atoms with Crippen LogP contribution in [0.4, 0.5) is 0 Å². The summed E-state index contributed by atoms with van der Waals surface area (Å²) in [7, 11) is 0. The van der Waals surface area contributed by atoms with Crippen LogP contribution in [0.2, 0.25) is 0 Å². The Hall–Kier alpha value is -0.510. The first-order chi connectivity index (χ1) is 8.20. The number of carbonyl (C=O) groups is 2. The van der Waals surface area contributed by atoms with Gasteiger partial charge in [0.05, 0.1) is 6.61 Å². The van der Waals surface area contributed by atoms with E-state index in [1.807, 2.05) is 0 Å². The zero-order chi connectivity index (χ0) is 12.3. The number of carbonyl (C=O) groups excluding carboxylic acids is 2. The van der Waals surface area contributed by atoms with Crippen LogP contribution in [0.3, 0.4) is 0 Å². The number of ether oxygens (including phenoxy) is 1. The SMILES string of the molecule is CCOC(=O)C(=O)C1CCC(SC2CC2)CC1. The van der Waals surface area contributed by atoms with Gasteiger partial charge in [0.1, 0.15) is 0 Å². The van der Waals surface area contributed by atoms with Crippen molar-refractivity contribution in [1.82, 2.24) is 0 Å². The quantitative estimate of drug-likeness (QED) is 0.560. The van der Waals surface area contributed by atoms with Crippen LogP contribution >= 0.6 is 11.8 Å². The van der Waals surface area contributed by atoms with Gasteiger partial charge in [-0.15, -0.1) is 0 Å². The molecule has 0 radical (unpaired) electrons. The minimum Gasteiger partial charge on any atom is -0.460 e. The summed E-state index contributed by atoms with van der Waals surface area (Å²) in [5, 5.41) is 1.60. The van der Waals surface area contributed by atoms with Crippen molar-refractivity contribution in [3.8, 4) is 0 Å². The van der Waals surface area contributed by atoms with E-state index < -0.39 is 5.97 Å². The van der Waals surface area contributed by atoms with Crippen molar-refractivity contribution in [2.45, 2.75) is 55.9 Å². The van der Waals surface area contributed by atoms with E-state index in [-0.39, 0.29) is 18.3 Å².